The van der Waals surface area contributed by atoms with Crippen LogP contribution in [0.25, 0.3) is 0 Å². The summed E-state index contributed by atoms with van der Waals surface area (Å²) in [7, 11) is 0. The molecule has 0 atom stereocenters. The molecule has 0 radical (unpaired) electrons. The highest BCUT2D eigenvalue weighted by Gasteiger charge is 2.35. The fourth-order valence-corrected chi connectivity index (χ4v) is 2.33. The number of hydroxylamine groups is 2. The molecule has 2 aliphatic carbocycles. The summed E-state index contributed by atoms with van der Waals surface area (Å²) in [5.41, 5.74) is 1.08. The lowest BCUT2D eigenvalue weighted by molar-refractivity contribution is -0.193. The van der Waals surface area contributed by atoms with E-state index >= 15 is 0 Å². The van der Waals surface area contributed by atoms with Gasteiger partial charge in [-0.1, -0.05) is 0 Å². The molecule has 3 fully saturated rings. The molecule has 2 saturated carbocycles. The highest BCUT2D eigenvalue weighted by molar-refractivity contribution is 6.00. The predicted octanol–water partition coefficient (Wildman–Crippen LogP) is 2.03. The van der Waals surface area contributed by atoms with Gasteiger partial charge in [0.1, 0.15) is 6.10 Å². The van der Waals surface area contributed by atoms with Crippen molar-refractivity contribution < 1.29 is 19.2 Å². The molecule has 0 bridgehead atoms. The lowest BCUT2D eigenvalue weighted by Crippen LogP contribution is -2.30. The molecule has 0 aromatic rings. The van der Waals surface area contributed by atoms with Crippen LogP contribution in [0.2, 0.25) is 0 Å². The Kier molecular flexibility index (Phi) is 2.97. The molecule has 0 N–H and O–H groups in total. The Bertz CT molecular complexity index is 387. The Morgan fingerprint density at radius 3 is 2.17 bits per heavy atom. The quantitative estimate of drug-likeness (QED) is 0.566. The van der Waals surface area contributed by atoms with E-state index in [9.17, 15) is 9.59 Å². The Morgan fingerprint density at radius 2 is 1.61 bits per heavy atom. The second-order valence-electron chi connectivity index (χ2n) is 5.09. The SMILES string of the molecule is O=C1CCC(=O)N1OC(OC1CCCC1)=C1CC1. The molecule has 5 nitrogen and oxygen atoms in total. The third-order valence-electron chi connectivity index (χ3n) is 3.54. The van der Waals surface area contributed by atoms with E-state index in [0.717, 1.165) is 36.3 Å². The molecule has 1 heterocycles. The standard InChI is InChI=1S/C13H17NO4/c15-11-7-8-12(16)14(11)18-13(9-5-6-9)17-10-3-1-2-4-10/h10H,1-8H2. The minimum atomic E-state index is -0.270. The fraction of sp³-hybridized carbons (Fsp3) is 0.692. The van der Waals surface area contributed by atoms with Gasteiger partial charge in [0.25, 0.3) is 11.8 Å². The Hall–Kier alpha value is -1.52. The van der Waals surface area contributed by atoms with Crippen LogP contribution in [0.15, 0.2) is 11.5 Å². The Labute approximate surface area is 106 Å². The first-order chi connectivity index (χ1) is 8.74. The van der Waals surface area contributed by atoms with Gasteiger partial charge in [0.15, 0.2) is 0 Å². The molecule has 3 aliphatic rings. The molecular weight excluding hydrogens is 234 g/mol. The van der Waals surface area contributed by atoms with Crippen molar-refractivity contribution in [2.45, 2.75) is 57.5 Å². The molecule has 1 saturated heterocycles. The van der Waals surface area contributed by atoms with Crippen molar-refractivity contribution in [3.8, 4) is 0 Å². The minimum absolute atomic E-state index is 0.181. The average Bonchev–Trinajstić information content (AvgIpc) is 3.00. The second-order valence-corrected chi connectivity index (χ2v) is 5.09. The lowest BCUT2D eigenvalue weighted by atomic mass is 10.3. The number of hydrogen-bond acceptors (Lipinski definition) is 4. The average molecular weight is 251 g/mol. The van der Waals surface area contributed by atoms with Gasteiger partial charge < -0.3 is 9.57 Å². The first kappa shape index (κ1) is 11.6. The molecule has 0 unspecified atom stereocenters. The van der Waals surface area contributed by atoms with Crippen LogP contribution in [0, 0.1) is 0 Å². The van der Waals surface area contributed by atoms with Crippen LogP contribution >= 0.6 is 0 Å². The molecule has 18 heavy (non-hydrogen) atoms. The third-order valence-corrected chi connectivity index (χ3v) is 3.54. The van der Waals surface area contributed by atoms with Crippen molar-refractivity contribution in [1.29, 1.82) is 0 Å². The van der Waals surface area contributed by atoms with E-state index < -0.39 is 0 Å². The summed E-state index contributed by atoms with van der Waals surface area (Å²) in [6.45, 7) is 0. The molecule has 0 spiro atoms. The normalized spacial score (nSPS) is 23.8. The van der Waals surface area contributed by atoms with Crippen LogP contribution in [-0.2, 0) is 19.2 Å². The van der Waals surface area contributed by atoms with Gasteiger partial charge in [0.2, 0.25) is 0 Å². The van der Waals surface area contributed by atoms with E-state index in [-0.39, 0.29) is 30.8 Å². The van der Waals surface area contributed by atoms with Gasteiger partial charge in [0, 0.05) is 18.4 Å². The number of nitrogens with zero attached hydrogens (tertiary/aromatic N) is 1. The van der Waals surface area contributed by atoms with Gasteiger partial charge in [-0.15, -0.1) is 5.06 Å². The van der Waals surface area contributed by atoms with Crippen LogP contribution in [-0.4, -0.2) is 23.0 Å². The van der Waals surface area contributed by atoms with Gasteiger partial charge in [-0.05, 0) is 38.5 Å². The first-order valence-electron chi connectivity index (χ1n) is 6.66. The highest BCUT2D eigenvalue weighted by atomic mass is 16.8. The molecule has 3 rings (SSSR count). The first-order valence-corrected chi connectivity index (χ1v) is 6.66. The number of imide groups is 1. The smallest absolute Gasteiger partial charge is 0.307 e. The summed E-state index contributed by atoms with van der Waals surface area (Å²) < 4.78 is 5.81. The highest BCUT2D eigenvalue weighted by Crippen LogP contribution is 2.36. The van der Waals surface area contributed by atoms with E-state index in [2.05, 4.69) is 0 Å². The van der Waals surface area contributed by atoms with E-state index in [0.29, 0.717) is 5.95 Å². The number of amides is 2. The molecule has 0 aromatic heterocycles. The zero-order chi connectivity index (χ0) is 12.5. The molecule has 5 heteroatoms. The van der Waals surface area contributed by atoms with Gasteiger partial charge >= 0.3 is 5.95 Å². The summed E-state index contributed by atoms with van der Waals surface area (Å²) in [4.78, 5) is 28.4. The van der Waals surface area contributed by atoms with Crippen molar-refractivity contribution in [3.05, 3.63) is 11.5 Å². The van der Waals surface area contributed by atoms with Crippen molar-refractivity contribution in [2.75, 3.05) is 0 Å². The molecule has 98 valence electrons. The number of carbonyl (C=O) groups is 2. The number of ether oxygens (including phenoxy) is 1. The van der Waals surface area contributed by atoms with Crippen molar-refractivity contribution in [1.82, 2.24) is 5.06 Å². The van der Waals surface area contributed by atoms with E-state index in [1.807, 2.05) is 0 Å². The van der Waals surface area contributed by atoms with E-state index in [1.165, 1.54) is 12.8 Å². The van der Waals surface area contributed by atoms with Crippen molar-refractivity contribution in [3.63, 3.8) is 0 Å². The zero-order valence-corrected chi connectivity index (χ0v) is 10.3. The fourth-order valence-electron chi connectivity index (χ4n) is 2.33. The van der Waals surface area contributed by atoms with E-state index in [1.54, 1.807) is 0 Å². The minimum Gasteiger partial charge on any atom is -0.461 e. The van der Waals surface area contributed by atoms with Crippen LogP contribution in [0.4, 0.5) is 0 Å². The van der Waals surface area contributed by atoms with Gasteiger partial charge in [-0.3, -0.25) is 9.59 Å². The largest absolute Gasteiger partial charge is 0.461 e. The molecular formula is C13H17NO4. The van der Waals surface area contributed by atoms with Gasteiger partial charge in [-0.2, -0.15) is 0 Å². The second kappa shape index (κ2) is 4.63. The van der Waals surface area contributed by atoms with E-state index in [4.69, 9.17) is 9.57 Å². The third kappa shape index (κ3) is 2.35. The Balaban J connectivity index is 1.66. The van der Waals surface area contributed by atoms with Gasteiger partial charge in [0.05, 0.1) is 0 Å². The summed E-state index contributed by atoms with van der Waals surface area (Å²) in [5, 5.41) is 0.871. The summed E-state index contributed by atoms with van der Waals surface area (Å²) in [5.74, 6) is -0.131. The topological polar surface area (TPSA) is 55.8 Å². The predicted molar refractivity (Wildman–Crippen MR) is 61.8 cm³/mol. The number of hydrogen-bond donors (Lipinski definition) is 0. The van der Waals surface area contributed by atoms with Crippen LogP contribution < -0.4 is 0 Å². The number of allylic oxidation sites excluding steroid dienone is 1. The van der Waals surface area contributed by atoms with Crippen LogP contribution in [0.3, 0.4) is 0 Å². The Morgan fingerprint density at radius 1 is 1.00 bits per heavy atom. The lowest BCUT2D eigenvalue weighted by Gasteiger charge is -2.20. The summed E-state index contributed by atoms with van der Waals surface area (Å²) >= 11 is 0. The van der Waals surface area contributed by atoms with Crippen LogP contribution in [0.5, 0.6) is 0 Å². The maximum atomic E-state index is 11.5. The zero-order valence-electron chi connectivity index (χ0n) is 10.3. The summed E-state index contributed by atoms with van der Waals surface area (Å²) in [6.07, 6.45) is 6.96. The van der Waals surface area contributed by atoms with Crippen LogP contribution in [0.1, 0.15) is 51.4 Å². The summed E-state index contributed by atoms with van der Waals surface area (Å²) in [6, 6.07) is 0. The van der Waals surface area contributed by atoms with Crippen molar-refractivity contribution in [2.24, 2.45) is 0 Å². The molecule has 0 aromatic carbocycles. The maximum absolute atomic E-state index is 11.5. The molecule has 2 amide bonds. The number of carbonyl (C=O) groups excluding carboxylic acids is 2. The monoisotopic (exact) mass is 251 g/mol. The number of rotatable bonds is 4. The van der Waals surface area contributed by atoms with Crippen molar-refractivity contribution >= 4 is 11.8 Å². The maximum Gasteiger partial charge on any atom is 0.307 e. The van der Waals surface area contributed by atoms with Gasteiger partial charge in [-0.25, -0.2) is 0 Å². The molecule has 1 aliphatic heterocycles.